The van der Waals surface area contributed by atoms with Gasteiger partial charge >= 0.3 is 0 Å². The Balaban J connectivity index is 1.42. The normalized spacial score (nSPS) is 10.4. The van der Waals surface area contributed by atoms with Crippen molar-refractivity contribution in [3.8, 4) is 5.75 Å². The number of methoxy groups -OCH3 is 1. The van der Waals surface area contributed by atoms with E-state index in [1.54, 1.807) is 25.4 Å². The van der Waals surface area contributed by atoms with Crippen molar-refractivity contribution in [2.75, 3.05) is 25.5 Å². The van der Waals surface area contributed by atoms with Crippen LogP contribution < -0.4 is 15.4 Å². The maximum Gasteiger partial charge on any atom is 0.251 e. The molecule has 0 aliphatic rings. The second-order valence-electron chi connectivity index (χ2n) is 6.80. The van der Waals surface area contributed by atoms with E-state index < -0.39 is 0 Å². The number of nitrogens with one attached hydrogen (secondary N) is 2. The average molecular weight is 389 g/mol. The van der Waals surface area contributed by atoms with Gasteiger partial charge in [0.25, 0.3) is 5.91 Å². The molecule has 5 heteroatoms. The van der Waals surface area contributed by atoms with E-state index in [0.717, 1.165) is 31.6 Å². The molecule has 0 bridgehead atoms. The third-order valence-corrected chi connectivity index (χ3v) is 4.67. The maximum atomic E-state index is 12.4. The number of rotatable bonds is 10. The summed E-state index contributed by atoms with van der Waals surface area (Å²) < 4.78 is 5.17. The fourth-order valence-corrected chi connectivity index (χ4v) is 3.04. The average Bonchev–Trinajstić information content (AvgIpc) is 2.78. The van der Waals surface area contributed by atoms with Crippen molar-refractivity contribution in [2.45, 2.75) is 19.3 Å². The molecule has 1 aromatic heterocycles. The van der Waals surface area contributed by atoms with Crippen molar-refractivity contribution in [2.24, 2.45) is 0 Å². The lowest BCUT2D eigenvalue weighted by molar-refractivity contribution is 0.0953. The summed E-state index contributed by atoms with van der Waals surface area (Å²) >= 11 is 0. The molecular formula is C24H27N3O2. The molecule has 0 spiro atoms. The minimum Gasteiger partial charge on any atom is -0.497 e. The highest BCUT2D eigenvalue weighted by Crippen LogP contribution is 2.12. The van der Waals surface area contributed by atoms with Crippen molar-refractivity contribution in [3.63, 3.8) is 0 Å². The molecule has 150 valence electrons. The zero-order valence-corrected chi connectivity index (χ0v) is 16.7. The van der Waals surface area contributed by atoms with Crippen LogP contribution in [0.1, 0.15) is 27.9 Å². The van der Waals surface area contributed by atoms with Crippen molar-refractivity contribution in [1.82, 2.24) is 10.3 Å². The second-order valence-corrected chi connectivity index (χ2v) is 6.80. The first-order chi connectivity index (χ1) is 14.2. The van der Waals surface area contributed by atoms with Crippen LogP contribution in [0.2, 0.25) is 0 Å². The van der Waals surface area contributed by atoms with Gasteiger partial charge < -0.3 is 15.4 Å². The highest BCUT2D eigenvalue weighted by Gasteiger charge is 2.06. The van der Waals surface area contributed by atoms with Crippen molar-refractivity contribution in [3.05, 3.63) is 89.6 Å². The molecule has 0 atom stereocenters. The van der Waals surface area contributed by atoms with Gasteiger partial charge in [0.1, 0.15) is 11.6 Å². The lowest BCUT2D eigenvalue weighted by atomic mass is 10.1. The smallest absolute Gasteiger partial charge is 0.251 e. The standard InChI is InChI=1S/C24H27N3O2/c1-29-22-11-9-20(10-12-22)13-16-25-23-18-21(14-17-26-23)24(28)27-15-5-8-19-6-3-2-4-7-19/h2-4,6-7,9-12,14,17-18H,5,8,13,15-16H2,1H3,(H,25,26)(H,27,28). The predicted molar refractivity (Wildman–Crippen MR) is 117 cm³/mol. The summed E-state index contributed by atoms with van der Waals surface area (Å²) in [6.45, 7) is 1.39. The second kappa shape index (κ2) is 10.9. The van der Waals surface area contributed by atoms with Gasteiger partial charge in [-0.2, -0.15) is 0 Å². The van der Waals surface area contributed by atoms with Gasteiger partial charge in [0.2, 0.25) is 0 Å². The first-order valence-electron chi connectivity index (χ1n) is 9.89. The number of nitrogens with zero attached hydrogens (tertiary/aromatic N) is 1. The van der Waals surface area contributed by atoms with Crippen LogP contribution >= 0.6 is 0 Å². The van der Waals surface area contributed by atoms with Crippen LogP contribution in [-0.2, 0) is 12.8 Å². The monoisotopic (exact) mass is 389 g/mol. The van der Waals surface area contributed by atoms with Gasteiger partial charge in [0, 0.05) is 24.8 Å². The quantitative estimate of drug-likeness (QED) is 0.512. The molecule has 0 unspecified atom stereocenters. The molecule has 2 N–H and O–H groups in total. The Morgan fingerprint density at radius 1 is 0.931 bits per heavy atom. The van der Waals surface area contributed by atoms with Gasteiger partial charge in [-0.15, -0.1) is 0 Å². The Kier molecular flexibility index (Phi) is 7.63. The summed E-state index contributed by atoms with van der Waals surface area (Å²) in [6.07, 6.45) is 4.39. The largest absolute Gasteiger partial charge is 0.497 e. The van der Waals surface area contributed by atoms with Gasteiger partial charge in [0.15, 0.2) is 0 Å². The number of benzene rings is 2. The molecule has 2 aromatic carbocycles. The molecule has 1 amide bonds. The molecule has 0 aliphatic heterocycles. The van der Waals surface area contributed by atoms with Gasteiger partial charge in [-0.05, 0) is 54.7 Å². The summed E-state index contributed by atoms with van der Waals surface area (Å²) in [7, 11) is 1.66. The molecule has 0 saturated carbocycles. The molecule has 0 radical (unpaired) electrons. The van der Waals surface area contributed by atoms with Gasteiger partial charge in [-0.25, -0.2) is 4.98 Å². The molecule has 0 aliphatic carbocycles. The summed E-state index contributed by atoms with van der Waals surface area (Å²) in [5.41, 5.74) is 3.12. The van der Waals surface area contributed by atoms with Crippen molar-refractivity contribution < 1.29 is 9.53 Å². The fraction of sp³-hybridized carbons (Fsp3) is 0.250. The Labute approximate surface area is 172 Å². The van der Waals surface area contributed by atoms with E-state index in [1.165, 1.54) is 11.1 Å². The number of hydrogen-bond acceptors (Lipinski definition) is 4. The number of amides is 1. The number of carbonyl (C=O) groups is 1. The Bertz CT molecular complexity index is 896. The topological polar surface area (TPSA) is 63.2 Å². The van der Waals surface area contributed by atoms with Gasteiger partial charge in [-0.3, -0.25) is 4.79 Å². The third kappa shape index (κ3) is 6.64. The van der Waals surface area contributed by atoms with Crippen LogP contribution in [0.3, 0.4) is 0 Å². The van der Waals surface area contributed by atoms with Crippen molar-refractivity contribution >= 4 is 11.7 Å². The van der Waals surface area contributed by atoms with Crippen LogP contribution in [0.25, 0.3) is 0 Å². The lowest BCUT2D eigenvalue weighted by Gasteiger charge is -2.09. The first kappa shape index (κ1) is 20.4. The molecule has 0 fully saturated rings. The Hall–Kier alpha value is -3.34. The van der Waals surface area contributed by atoms with Gasteiger partial charge in [0.05, 0.1) is 7.11 Å². The SMILES string of the molecule is COc1ccc(CCNc2cc(C(=O)NCCCc3ccccc3)ccn2)cc1. The number of ether oxygens (including phenoxy) is 1. The zero-order chi connectivity index (χ0) is 20.3. The fourth-order valence-electron chi connectivity index (χ4n) is 3.04. The van der Waals surface area contributed by atoms with Crippen LogP contribution in [0.4, 0.5) is 5.82 Å². The van der Waals surface area contributed by atoms with Crippen LogP contribution in [0.15, 0.2) is 72.9 Å². The summed E-state index contributed by atoms with van der Waals surface area (Å²) in [5.74, 6) is 1.49. The molecule has 5 nitrogen and oxygen atoms in total. The summed E-state index contributed by atoms with van der Waals surface area (Å²) in [5, 5.41) is 6.27. The van der Waals surface area contributed by atoms with E-state index in [-0.39, 0.29) is 5.91 Å². The van der Waals surface area contributed by atoms with E-state index in [4.69, 9.17) is 4.74 Å². The highest BCUT2D eigenvalue weighted by atomic mass is 16.5. The predicted octanol–water partition coefficient (Wildman–Crippen LogP) is 4.11. The minimum absolute atomic E-state index is 0.0707. The summed E-state index contributed by atoms with van der Waals surface area (Å²) in [4.78, 5) is 16.7. The molecule has 29 heavy (non-hydrogen) atoms. The van der Waals surface area contributed by atoms with Crippen LogP contribution in [-0.4, -0.2) is 31.1 Å². The minimum atomic E-state index is -0.0707. The number of aryl methyl sites for hydroxylation is 1. The molecule has 0 saturated heterocycles. The van der Waals surface area contributed by atoms with E-state index in [0.29, 0.717) is 17.9 Å². The Morgan fingerprint density at radius 3 is 2.45 bits per heavy atom. The number of hydrogen-bond donors (Lipinski definition) is 2. The highest BCUT2D eigenvalue weighted by molar-refractivity contribution is 5.94. The molecule has 3 rings (SSSR count). The van der Waals surface area contributed by atoms with Crippen LogP contribution in [0, 0.1) is 0 Å². The summed E-state index contributed by atoms with van der Waals surface area (Å²) in [6, 6.07) is 21.8. The molecular weight excluding hydrogens is 362 g/mol. The number of anilines is 1. The number of carbonyl (C=O) groups excluding carboxylic acids is 1. The van der Waals surface area contributed by atoms with Crippen LogP contribution in [0.5, 0.6) is 5.75 Å². The van der Waals surface area contributed by atoms with E-state index >= 15 is 0 Å². The maximum absolute atomic E-state index is 12.4. The molecule has 1 heterocycles. The Morgan fingerprint density at radius 2 is 1.69 bits per heavy atom. The van der Waals surface area contributed by atoms with E-state index in [1.807, 2.05) is 42.5 Å². The zero-order valence-electron chi connectivity index (χ0n) is 16.7. The van der Waals surface area contributed by atoms with Crippen molar-refractivity contribution in [1.29, 1.82) is 0 Å². The number of aromatic nitrogens is 1. The number of pyridine rings is 1. The molecule has 3 aromatic rings. The lowest BCUT2D eigenvalue weighted by Crippen LogP contribution is -2.25. The van der Waals surface area contributed by atoms with E-state index in [2.05, 4.69) is 27.8 Å². The van der Waals surface area contributed by atoms with Gasteiger partial charge in [-0.1, -0.05) is 42.5 Å². The van der Waals surface area contributed by atoms with E-state index in [9.17, 15) is 4.79 Å². The first-order valence-corrected chi connectivity index (χ1v) is 9.89. The third-order valence-electron chi connectivity index (χ3n) is 4.67.